The molecular weight excluding hydrogens is 364 g/mol. The van der Waals surface area contributed by atoms with Gasteiger partial charge in [-0.2, -0.15) is 10.1 Å². The molecule has 1 aromatic carbocycles. The number of nitrogens with one attached hydrogen (secondary N) is 1. The standard InChI is InChI=1S/C22H28N6O/c1-3-28-14-17(13-25-28)19-12-20(27-21(23)26-19)24-15-22(7-9-29-10-8-22)18-6-4-5-16(2)11-18/h4-6,11-14H,3,7-10,15H2,1-2H3,(H3,23,24,26,27). The summed E-state index contributed by atoms with van der Waals surface area (Å²) in [6.45, 7) is 7.30. The van der Waals surface area contributed by atoms with Crippen LogP contribution in [0.3, 0.4) is 0 Å². The zero-order valence-corrected chi connectivity index (χ0v) is 17.1. The monoisotopic (exact) mass is 392 g/mol. The molecule has 1 aliphatic rings. The largest absolute Gasteiger partial charge is 0.381 e. The molecule has 1 saturated heterocycles. The number of aryl methyl sites for hydroxylation is 2. The second-order valence-electron chi connectivity index (χ2n) is 7.70. The van der Waals surface area contributed by atoms with E-state index in [0.717, 1.165) is 56.2 Å². The van der Waals surface area contributed by atoms with Gasteiger partial charge in [0.15, 0.2) is 0 Å². The number of hydrogen-bond acceptors (Lipinski definition) is 6. The highest BCUT2D eigenvalue weighted by molar-refractivity contribution is 5.62. The lowest BCUT2D eigenvalue weighted by Crippen LogP contribution is -2.40. The van der Waals surface area contributed by atoms with Crippen molar-refractivity contribution in [2.75, 3.05) is 30.8 Å². The Morgan fingerprint density at radius 2 is 2.03 bits per heavy atom. The van der Waals surface area contributed by atoms with E-state index in [-0.39, 0.29) is 11.4 Å². The van der Waals surface area contributed by atoms with Gasteiger partial charge < -0.3 is 15.8 Å². The average molecular weight is 393 g/mol. The number of rotatable bonds is 6. The van der Waals surface area contributed by atoms with Gasteiger partial charge in [0.05, 0.1) is 11.9 Å². The molecule has 0 amide bonds. The van der Waals surface area contributed by atoms with Crippen LogP contribution in [0.2, 0.25) is 0 Å². The van der Waals surface area contributed by atoms with Gasteiger partial charge in [0.1, 0.15) is 5.82 Å². The van der Waals surface area contributed by atoms with E-state index in [1.54, 1.807) is 0 Å². The number of aromatic nitrogens is 4. The third-order valence-corrected chi connectivity index (χ3v) is 5.68. The van der Waals surface area contributed by atoms with Crippen molar-refractivity contribution < 1.29 is 4.74 Å². The Bertz CT molecular complexity index is 977. The van der Waals surface area contributed by atoms with Crippen molar-refractivity contribution in [1.29, 1.82) is 0 Å². The molecule has 7 heteroatoms. The maximum atomic E-state index is 6.00. The van der Waals surface area contributed by atoms with E-state index in [2.05, 4.69) is 58.5 Å². The van der Waals surface area contributed by atoms with Gasteiger partial charge in [0.25, 0.3) is 0 Å². The molecule has 0 atom stereocenters. The van der Waals surface area contributed by atoms with Gasteiger partial charge in [0, 0.05) is 49.5 Å². The van der Waals surface area contributed by atoms with Crippen molar-refractivity contribution in [3.63, 3.8) is 0 Å². The van der Waals surface area contributed by atoms with E-state index in [4.69, 9.17) is 10.5 Å². The summed E-state index contributed by atoms with van der Waals surface area (Å²) in [5.41, 5.74) is 10.3. The first-order valence-corrected chi connectivity index (χ1v) is 10.1. The van der Waals surface area contributed by atoms with Gasteiger partial charge in [-0.05, 0) is 32.3 Å². The molecule has 0 bridgehead atoms. The lowest BCUT2D eigenvalue weighted by molar-refractivity contribution is 0.0543. The fourth-order valence-corrected chi connectivity index (χ4v) is 3.94. The molecule has 0 unspecified atom stereocenters. The number of nitrogen functional groups attached to an aromatic ring is 1. The van der Waals surface area contributed by atoms with Crippen molar-refractivity contribution >= 4 is 11.8 Å². The van der Waals surface area contributed by atoms with Crippen molar-refractivity contribution in [3.8, 4) is 11.3 Å². The molecule has 3 aromatic rings. The molecule has 2 aromatic heterocycles. The van der Waals surface area contributed by atoms with E-state index in [1.165, 1.54) is 11.1 Å². The maximum absolute atomic E-state index is 6.00. The molecule has 0 aliphatic carbocycles. The van der Waals surface area contributed by atoms with Crippen LogP contribution in [-0.2, 0) is 16.7 Å². The molecule has 3 N–H and O–H groups in total. The van der Waals surface area contributed by atoms with Gasteiger partial charge in [-0.3, -0.25) is 4.68 Å². The predicted molar refractivity (Wildman–Crippen MR) is 115 cm³/mol. The normalized spacial score (nSPS) is 15.9. The Balaban J connectivity index is 1.59. The highest BCUT2D eigenvalue weighted by Crippen LogP contribution is 2.35. The van der Waals surface area contributed by atoms with Crippen molar-refractivity contribution in [1.82, 2.24) is 19.7 Å². The molecule has 4 rings (SSSR count). The number of ether oxygens (including phenoxy) is 1. The molecule has 152 valence electrons. The minimum absolute atomic E-state index is 0.0112. The molecule has 3 heterocycles. The number of nitrogens with two attached hydrogens (primary N) is 1. The van der Waals surface area contributed by atoms with Gasteiger partial charge in [-0.1, -0.05) is 29.8 Å². The third kappa shape index (κ3) is 4.24. The summed E-state index contributed by atoms with van der Waals surface area (Å²) in [4.78, 5) is 8.80. The van der Waals surface area contributed by atoms with Crippen molar-refractivity contribution in [3.05, 3.63) is 53.9 Å². The fourth-order valence-electron chi connectivity index (χ4n) is 3.94. The molecule has 1 aliphatic heterocycles. The van der Waals surface area contributed by atoms with Crippen LogP contribution in [0.1, 0.15) is 30.9 Å². The van der Waals surface area contributed by atoms with Crippen molar-refractivity contribution in [2.45, 2.75) is 38.6 Å². The first kappa shape index (κ1) is 19.4. The topological polar surface area (TPSA) is 90.9 Å². The zero-order chi connectivity index (χ0) is 20.3. The third-order valence-electron chi connectivity index (χ3n) is 5.68. The van der Waals surface area contributed by atoms with Crippen LogP contribution in [0.15, 0.2) is 42.7 Å². The quantitative estimate of drug-likeness (QED) is 0.668. The summed E-state index contributed by atoms with van der Waals surface area (Å²) in [6.07, 6.45) is 5.72. The Morgan fingerprint density at radius 3 is 2.76 bits per heavy atom. The first-order valence-electron chi connectivity index (χ1n) is 10.1. The molecule has 29 heavy (non-hydrogen) atoms. The SMILES string of the molecule is CCn1cc(-c2cc(NCC3(c4cccc(C)c4)CCOCC3)nc(N)n2)cn1. The lowest BCUT2D eigenvalue weighted by Gasteiger charge is -2.38. The summed E-state index contributed by atoms with van der Waals surface area (Å²) < 4.78 is 7.53. The van der Waals surface area contributed by atoms with Gasteiger partial charge in [0.2, 0.25) is 5.95 Å². The number of hydrogen-bond donors (Lipinski definition) is 2. The zero-order valence-electron chi connectivity index (χ0n) is 17.1. The average Bonchev–Trinajstić information content (AvgIpc) is 3.22. The summed E-state index contributed by atoms with van der Waals surface area (Å²) in [5, 5.41) is 7.86. The molecule has 0 saturated carbocycles. The van der Waals surface area contributed by atoms with Gasteiger partial charge in [-0.15, -0.1) is 0 Å². The van der Waals surface area contributed by atoms with Crippen LogP contribution in [-0.4, -0.2) is 39.5 Å². The molecule has 1 fully saturated rings. The number of benzene rings is 1. The Hall–Kier alpha value is -2.93. The van der Waals surface area contributed by atoms with Crippen LogP contribution in [0.4, 0.5) is 11.8 Å². The van der Waals surface area contributed by atoms with Crippen LogP contribution >= 0.6 is 0 Å². The van der Waals surface area contributed by atoms with Gasteiger partial charge in [-0.25, -0.2) is 4.98 Å². The molecular formula is C22H28N6O. The van der Waals surface area contributed by atoms with Crippen LogP contribution in [0, 0.1) is 6.92 Å². The van der Waals surface area contributed by atoms with Crippen LogP contribution < -0.4 is 11.1 Å². The van der Waals surface area contributed by atoms with Crippen molar-refractivity contribution in [2.24, 2.45) is 0 Å². The maximum Gasteiger partial charge on any atom is 0.222 e. The van der Waals surface area contributed by atoms with Crippen LogP contribution in [0.25, 0.3) is 11.3 Å². The lowest BCUT2D eigenvalue weighted by atomic mass is 9.73. The number of anilines is 2. The Kier molecular flexibility index (Phi) is 5.49. The van der Waals surface area contributed by atoms with E-state index in [1.807, 2.05) is 23.1 Å². The predicted octanol–water partition coefficient (Wildman–Crippen LogP) is 3.41. The molecule has 0 radical (unpaired) electrons. The Morgan fingerprint density at radius 1 is 1.21 bits per heavy atom. The minimum Gasteiger partial charge on any atom is -0.381 e. The Labute approximate surface area is 171 Å². The molecule has 7 nitrogen and oxygen atoms in total. The summed E-state index contributed by atoms with van der Waals surface area (Å²) in [5.74, 6) is 0.987. The van der Waals surface area contributed by atoms with Crippen LogP contribution in [0.5, 0.6) is 0 Å². The smallest absolute Gasteiger partial charge is 0.222 e. The summed E-state index contributed by atoms with van der Waals surface area (Å²) >= 11 is 0. The fraction of sp³-hybridized carbons (Fsp3) is 0.409. The summed E-state index contributed by atoms with van der Waals surface area (Å²) in [7, 11) is 0. The highest BCUT2D eigenvalue weighted by Gasteiger charge is 2.34. The minimum atomic E-state index is 0.0112. The van der Waals surface area contributed by atoms with E-state index >= 15 is 0 Å². The van der Waals surface area contributed by atoms with E-state index in [0.29, 0.717) is 0 Å². The van der Waals surface area contributed by atoms with Gasteiger partial charge >= 0.3 is 0 Å². The van der Waals surface area contributed by atoms with E-state index < -0.39 is 0 Å². The first-order chi connectivity index (χ1) is 14.1. The van der Waals surface area contributed by atoms with E-state index in [9.17, 15) is 0 Å². The highest BCUT2D eigenvalue weighted by atomic mass is 16.5. The summed E-state index contributed by atoms with van der Waals surface area (Å²) in [6, 6.07) is 10.7. The second kappa shape index (κ2) is 8.21. The molecule has 0 spiro atoms. The second-order valence-corrected chi connectivity index (χ2v) is 7.70. The number of nitrogens with zero attached hydrogens (tertiary/aromatic N) is 4.